The number of aromatic nitrogens is 3. The molecule has 0 radical (unpaired) electrons. The van der Waals surface area contributed by atoms with E-state index < -0.39 is 0 Å². The molecule has 0 unspecified atom stereocenters. The Bertz CT molecular complexity index is 482. The first-order chi connectivity index (χ1) is 7.34. The zero-order chi connectivity index (χ0) is 10.3. The molecule has 0 amide bonds. The molecule has 0 aliphatic carbocycles. The monoisotopic (exact) mass is 202 g/mol. The van der Waals surface area contributed by atoms with Crippen LogP contribution in [-0.2, 0) is 0 Å². The molecule has 0 atom stereocenters. The summed E-state index contributed by atoms with van der Waals surface area (Å²) in [6.45, 7) is 4.26. The molecule has 1 fully saturated rings. The Labute approximate surface area is 88.5 Å². The van der Waals surface area contributed by atoms with Gasteiger partial charge in [-0.3, -0.25) is 0 Å². The molecule has 1 aliphatic rings. The molecule has 2 aromatic rings. The van der Waals surface area contributed by atoms with E-state index in [0.29, 0.717) is 0 Å². The highest BCUT2D eigenvalue weighted by Gasteiger charge is 2.16. The summed E-state index contributed by atoms with van der Waals surface area (Å²) >= 11 is 0. The van der Waals surface area contributed by atoms with Crippen molar-refractivity contribution in [2.24, 2.45) is 0 Å². The average Bonchev–Trinajstić information content (AvgIpc) is 2.83. The third-order valence-electron chi connectivity index (χ3n) is 2.91. The summed E-state index contributed by atoms with van der Waals surface area (Å²) in [5.41, 5.74) is 1.96. The van der Waals surface area contributed by atoms with Crippen molar-refractivity contribution in [1.82, 2.24) is 14.6 Å². The summed E-state index contributed by atoms with van der Waals surface area (Å²) in [6, 6.07) is 4.01. The van der Waals surface area contributed by atoms with Crippen LogP contribution in [0.1, 0.15) is 18.5 Å². The van der Waals surface area contributed by atoms with Gasteiger partial charge in [0.25, 0.3) is 0 Å². The maximum Gasteiger partial charge on any atom is 0.155 e. The molecular weight excluding hydrogens is 188 g/mol. The lowest BCUT2D eigenvalue weighted by Crippen LogP contribution is -2.20. The van der Waals surface area contributed by atoms with E-state index in [0.717, 1.165) is 30.2 Å². The predicted octanol–water partition coefficient (Wildman–Crippen LogP) is 1.64. The SMILES string of the molecule is Cc1ccc2ncc(N3CCCC3)n2n1. The highest BCUT2D eigenvalue weighted by atomic mass is 15.4. The van der Waals surface area contributed by atoms with Gasteiger partial charge in [0.05, 0.1) is 11.9 Å². The highest BCUT2D eigenvalue weighted by molar-refractivity contribution is 5.50. The zero-order valence-electron chi connectivity index (χ0n) is 8.85. The fraction of sp³-hybridized carbons (Fsp3) is 0.455. The fourth-order valence-corrected chi connectivity index (χ4v) is 2.11. The second kappa shape index (κ2) is 3.22. The van der Waals surface area contributed by atoms with Gasteiger partial charge in [-0.25, -0.2) is 4.98 Å². The second-order valence-corrected chi connectivity index (χ2v) is 4.06. The number of nitrogens with zero attached hydrogens (tertiary/aromatic N) is 4. The lowest BCUT2D eigenvalue weighted by atomic mass is 10.4. The highest BCUT2D eigenvalue weighted by Crippen LogP contribution is 2.20. The van der Waals surface area contributed by atoms with Crippen LogP contribution in [0.5, 0.6) is 0 Å². The quantitative estimate of drug-likeness (QED) is 0.705. The van der Waals surface area contributed by atoms with E-state index in [2.05, 4.69) is 15.0 Å². The van der Waals surface area contributed by atoms with Crippen LogP contribution in [0.25, 0.3) is 5.65 Å². The molecule has 0 bridgehead atoms. The first-order valence-electron chi connectivity index (χ1n) is 5.41. The Balaban J connectivity index is 2.13. The van der Waals surface area contributed by atoms with Gasteiger partial charge < -0.3 is 4.90 Å². The molecule has 0 aromatic carbocycles. The minimum absolute atomic E-state index is 0.933. The lowest BCUT2D eigenvalue weighted by Gasteiger charge is -2.15. The number of aryl methyl sites for hydroxylation is 1. The zero-order valence-corrected chi connectivity index (χ0v) is 8.85. The largest absolute Gasteiger partial charge is 0.355 e. The molecule has 1 saturated heterocycles. The van der Waals surface area contributed by atoms with Crippen molar-refractivity contribution in [2.45, 2.75) is 19.8 Å². The van der Waals surface area contributed by atoms with Crippen LogP contribution in [0, 0.1) is 6.92 Å². The van der Waals surface area contributed by atoms with Crippen LogP contribution in [0.4, 0.5) is 5.82 Å². The number of imidazole rings is 1. The van der Waals surface area contributed by atoms with Crippen molar-refractivity contribution in [3.63, 3.8) is 0 Å². The summed E-state index contributed by atoms with van der Waals surface area (Å²) in [4.78, 5) is 6.72. The summed E-state index contributed by atoms with van der Waals surface area (Å²) in [7, 11) is 0. The van der Waals surface area contributed by atoms with Gasteiger partial charge in [0.2, 0.25) is 0 Å². The van der Waals surface area contributed by atoms with Gasteiger partial charge in [-0.1, -0.05) is 0 Å². The molecule has 0 spiro atoms. The van der Waals surface area contributed by atoms with Crippen molar-refractivity contribution in [2.75, 3.05) is 18.0 Å². The van der Waals surface area contributed by atoms with Crippen LogP contribution < -0.4 is 4.90 Å². The molecule has 1 aliphatic heterocycles. The van der Waals surface area contributed by atoms with Gasteiger partial charge in [-0.15, -0.1) is 0 Å². The minimum atomic E-state index is 0.933. The summed E-state index contributed by atoms with van der Waals surface area (Å²) < 4.78 is 1.95. The molecule has 3 rings (SSSR count). The average molecular weight is 202 g/mol. The number of rotatable bonds is 1. The predicted molar refractivity (Wildman–Crippen MR) is 59.2 cm³/mol. The van der Waals surface area contributed by atoms with E-state index in [9.17, 15) is 0 Å². The van der Waals surface area contributed by atoms with Gasteiger partial charge in [-0.2, -0.15) is 9.61 Å². The van der Waals surface area contributed by atoms with E-state index in [4.69, 9.17) is 0 Å². The van der Waals surface area contributed by atoms with Gasteiger partial charge in [0.15, 0.2) is 11.5 Å². The van der Waals surface area contributed by atoms with E-state index in [1.54, 1.807) is 0 Å². The van der Waals surface area contributed by atoms with Gasteiger partial charge >= 0.3 is 0 Å². The van der Waals surface area contributed by atoms with Crippen molar-refractivity contribution >= 4 is 11.5 Å². The van der Waals surface area contributed by atoms with E-state index >= 15 is 0 Å². The molecule has 4 nitrogen and oxygen atoms in total. The number of hydrogen-bond donors (Lipinski definition) is 0. The maximum absolute atomic E-state index is 4.49. The first kappa shape index (κ1) is 8.71. The normalized spacial score (nSPS) is 16.5. The molecule has 78 valence electrons. The minimum Gasteiger partial charge on any atom is -0.355 e. The summed E-state index contributed by atoms with van der Waals surface area (Å²) in [6.07, 6.45) is 4.48. The molecule has 0 saturated carbocycles. The molecule has 2 aromatic heterocycles. The van der Waals surface area contributed by atoms with Gasteiger partial charge in [-0.05, 0) is 31.9 Å². The number of fused-ring (bicyclic) bond motifs is 1. The Morgan fingerprint density at radius 2 is 2.00 bits per heavy atom. The number of anilines is 1. The smallest absolute Gasteiger partial charge is 0.155 e. The molecule has 0 N–H and O–H groups in total. The van der Waals surface area contributed by atoms with Crippen LogP contribution >= 0.6 is 0 Å². The third kappa shape index (κ3) is 1.37. The Hall–Kier alpha value is -1.58. The third-order valence-corrected chi connectivity index (χ3v) is 2.91. The molecule has 4 heteroatoms. The lowest BCUT2D eigenvalue weighted by molar-refractivity contribution is 0.841. The summed E-state index contributed by atoms with van der Waals surface area (Å²) in [5.74, 6) is 1.13. The van der Waals surface area contributed by atoms with Crippen molar-refractivity contribution < 1.29 is 0 Å². The van der Waals surface area contributed by atoms with Crippen molar-refractivity contribution in [3.8, 4) is 0 Å². The van der Waals surface area contributed by atoms with Crippen LogP contribution in [0.15, 0.2) is 18.3 Å². The Morgan fingerprint density at radius 3 is 2.80 bits per heavy atom. The van der Waals surface area contributed by atoms with Crippen LogP contribution in [0.3, 0.4) is 0 Å². The Morgan fingerprint density at radius 1 is 1.20 bits per heavy atom. The molecule has 15 heavy (non-hydrogen) atoms. The van der Waals surface area contributed by atoms with E-state index in [-0.39, 0.29) is 0 Å². The number of hydrogen-bond acceptors (Lipinski definition) is 3. The Kier molecular flexibility index (Phi) is 1.87. The van der Waals surface area contributed by atoms with Crippen molar-refractivity contribution in [1.29, 1.82) is 0 Å². The summed E-state index contributed by atoms with van der Waals surface area (Å²) in [5, 5.41) is 4.49. The van der Waals surface area contributed by atoms with Gasteiger partial charge in [0, 0.05) is 13.1 Å². The van der Waals surface area contributed by atoms with Crippen LogP contribution in [-0.4, -0.2) is 27.7 Å². The molecule has 3 heterocycles. The fourth-order valence-electron chi connectivity index (χ4n) is 2.11. The van der Waals surface area contributed by atoms with E-state index in [1.807, 2.05) is 29.8 Å². The topological polar surface area (TPSA) is 33.4 Å². The maximum atomic E-state index is 4.49. The standard InChI is InChI=1S/C11H14N4/c1-9-4-5-10-12-8-11(15(10)13-9)14-6-2-3-7-14/h4-5,8H,2-3,6-7H2,1H3. The second-order valence-electron chi connectivity index (χ2n) is 4.06. The van der Waals surface area contributed by atoms with E-state index in [1.165, 1.54) is 12.8 Å². The first-order valence-corrected chi connectivity index (χ1v) is 5.41. The van der Waals surface area contributed by atoms with Crippen molar-refractivity contribution in [3.05, 3.63) is 24.0 Å². The van der Waals surface area contributed by atoms with Gasteiger partial charge in [0.1, 0.15) is 0 Å². The van der Waals surface area contributed by atoms with Crippen LogP contribution in [0.2, 0.25) is 0 Å². The molecular formula is C11H14N4.